The van der Waals surface area contributed by atoms with Gasteiger partial charge < -0.3 is 14.8 Å². The Labute approximate surface area is 106 Å². The Kier molecular flexibility index (Phi) is 8.67. The van der Waals surface area contributed by atoms with Gasteiger partial charge in [0.1, 0.15) is 0 Å². The first kappa shape index (κ1) is 14.9. The lowest BCUT2D eigenvalue weighted by Crippen LogP contribution is -2.33. The molecule has 17 heavy (non-hydrogen) atoms. The highest BCUT2D eigenvalue weighted by molar-refractivity contribution is 4.66. The van der Waals surface area contributed by atoms with Crippen molar-refractivity contribution in [2.24, 2.45) is 5.92 Å². The van der Waals surface area contributed by atoms with Crippen molar-refractivity contribution in [2.75, 3.05) is 33.5 Å². The van der Waals surface area contributed by atoms with Crippen LogP contribution in [-0.4, -0.2) is 39.5 Å². The van der Waals surface area contributed by atoms with Crippen molar-refractivity contribution in [3.05, 3.63) is 0 Å². The van der Waals surface area contributed by atoms with Crippen LogP contribution in [0.15, 0.2) is 0 Å². The van der Waals surface area contributed by atoms with E-state index in [9.17, 15) is 0 Å². The van der Waals surface area contributed by atoms with Crippen LogP contribution in [0.25, 0.3) is 0 Å². The van der Waals surface area contributed by atoms with Gasteiger partial charge in [-0.15, -0.1) is 0 Å². The van der Waals surface area contributed by atoms with Gasteiger partial charge in [-0.3, -0.25) is 0 Å². The zero-order valence-electron chi connectivity index (χ0n) is 11.5. The quantitative estimate of drug-likeness (QED) is 0.631. The van der Waals surface area contributed by atoms with Gasteiger partial charge in [-0.2, -0.15) is 0 Å². The summed E-state index contributed by atoms with van der Waals surface area (Å²) in [5, 5.41) is 3.56. The molecular formula is C14H29NO2. The van der Waals surface area contributed by atoms with Gasteiger partial charge in [0.05, 0.1) is 6.61 Å². The first-order valence-electron chi connectivity index (χ1n) is 7.16. The van der Waals surface area contributed by atoms with Gasteiger partial charge in [-0.25, -0.2) is 0 Å². The topological polar surface area (TPSA) is 30.5 Å². The lowest BCUT2D eigenvalue weighted by molar-refractivity contribution is 0.0631. The van der Waals surface area contributed by atoms with Crippen LogP contribution in [0.4, 0.5) is 0 Å². The molecule has 0 radical (unpaired) electrons. The molecule has 1 N–H and O–H groups in total. The number of unbranched alkanes of at least 4 members (excludes halogenated alkanes) is 1. The van der Waals surface area contributed by atoms with E-state index in [0.717, 1.165) is 38.7 Å². The summed E-state index contributed by atoms with van der Waals surface area (Å²) >= 11 is 0. The molecule has 0 aromatic carbocycles. The average molecular weight is 243 g/mol. The van der Waals surface area contributed by atoms with Gasteiger partial charge in [-0.05, 0) is 38.1 Å². The fraction of sp³-hybridized carbons (Fsp3) is 1.00. The maximum Gasteiger partial charge on any atom is 0.0615 e. The van der Waals surface area contributed by atoms with E-state index in [-0.39, 0.29) is 0 Å². The SMILES string of the molecule is CCC(COC)NCCCCC1CCOCC1. The van der Waals surface area contributed by atoms with Crippen molar-refractivity contribution in [3.63, 3.8) is 0 Å². The highest BCUT2D eigenvalue weighted by atomic mass is 16.5. The molecule has 1 fully saturated rings. The lowest BCUT2D eigenvalue weighted by atomic mass is 9.94. The molecule has 0 aromatic rings. The molecule has 1 rings (SSSR count). The van der Waals surface area contributed by atoms with E-state index < -0.39 is 0 Å². The standard InChI is InChI=1S/C14H29NO2/c1-3-14(12-16-2)15-9-5-4-6-13-7-10-17-11-8-13/h13-15H,3-12H2,1-2H3. The summed E-state index contributed by atoms with van der Waals surface area (Å²) in [7, 11) is 1.77. The molecule has 0 bridgehead atoms. The van der Waals surface area contributed by atoms with Crippen LogP contribution < -0.4 is 5.32 Å². The van der Waals surface area contributed by atoms with Crippen LogP contribution in [0, 0.1) is 5.92 Å². The van der Waals surface area contributed by atoms with E-state index in [1.807, 2.05) is 0 Å². The van der Waals surface area contributed by atoms with Crippen molar-refractivity contribution < 1.29 is 9.47 Å². The van der Waals surface area contributed by atoms with Gasteiger partial charge in [0.25, 0.3) is 0 Å². The van der Waals surface area contributed by atoms with Crippen LogP contribution in [0.2, 0.25) is 0 Å². The molecule has 0 aromatic heterocycles. The van der Waals surface area contributed by atoms with E-state index in [4.69, 9.17) is 9.47 Å². The number of rotatable bonds is 9. The second-order valence-corrected chi connectivity index (χ2v) is 5.07. The molecule has 1 saturated heterocycles. The molecule has 1 unspecified atom stereocenters. The number of nitrogens with one attached hydrogen (secondary N) is 1. The summed E-state index contributed by atoms with van der Waals surface area (Å²) in [4.78, 5) is 0. The summed E-state index contributed by atoms with van der Waals surface area (Å²) < 4.78 is 10.5. The minimum atomic E-state index is 0.531. The van der Waals surface area contributed by atoms with Gasteiger partial charge in [0.2, 0.25) is 0 Å². The zero-order chi connectivity index (χ0) is 12.3. The molecule has 3 nitrogen and oxygen atoms in total. The molecule has 1 aliphatic heterocycles. The van der Waals surface area contributed by atoms with Crippen molar-refractivity contribution >= 4 is 0 Å². The van der Waals surface area contributed by atoms with Crippen molar-refractivity contribution in [1.29, 1.82) is 0 Å². The third-order valence-electron chi connectivity index (χ3n) is 3.67. The smallest absolute Gasteiger partial charge is 0.0615 e. The van der Waals surface area contributed by atoms with E-state index in [1.54, 1.807) is 7.11 Å². The zero-order valence-corrected chi connectivity index (χ0v) is 11.5. The van der Waals surface area contributed by atoms with Gasteiger partial charge in [0.15, 0.2) is 0 Å². The summed E-state index contributed by atoms with van der Waals surface area (Å²) in [6.45, 7) is 6.13. The average Bonchev–Trinajstić information content (AvgIpc) is 2.38. The predicted octanol–water partition coefficient (Wildman–Crippen LogP) is 2.60. The second-order valence-electron chi connectivity index (χ2n) is 5.07. The summed E-state index contributed by atoms with van der Waals surface area (Å²) in [6, 6.07) is 0.531. The molecule has 0 amide bonds. The number of methoxy groups -OCH3 is 1. The Bertz CT molecular complexity index is 163. The van der Waals surface area contributed by atoms with Crippen LogP contribution >= 0.6 is 0 Å². The maximum atomic E-state index is 5.37. The molecule has 3 heteroatoms. The minimum absolute atomic E-state index is 0.531. The van der Waals surface area contributed by atoms with E-state index in [0.29, 0.717) is 6.04 Å². The van der Waals surface area contributed by atoms with Crippen LogP contribution in [-0.2, 0) is 9.47 Å². The van der Waals surface area contributed by atoms with E-state index in [1.165, 1.54) is 32.1 Å². The van der Waals surface area contributed by atoms with Crippen LogP contribution in [0.5, 0.6) is 0 Å². The summed E-state index contributed by atoms with van der Waals surface area (Å²) in [6.07, 6.45) is 7.71. The second kappa shape index (κ2) is 9.86. The molecule has 1 heterocycles. The molecule has 0 aliphatic carbocycles. The maximum absolute atomic E-state index is 5.37. The Balaban J connectivity index is 1.92. The largest absolute Gasteiger partial charge is 0.383 e. The monoisotopic (exact) mass is 243 g/mol. The third kappa shape index (κ3) is 7.02. The number of hydrogen-bond donors (Lipinski definition) is 1. The Morgan fingerprint density at radius 1 is 1.29 bits per heavy atom. The van der Waals surface area contributed by atoms with Crippen LogP contribution in [0.3, 0.4) is 0 Å². The van der Waals surface area contributed by atoms with Crippen molar-refractivity contribution in [3.8, 4) is 0 Å². The molecule has 0 saturated carbocycles. The molecule has 102 valence electrons. The number of hydrogen-bond acceptors (Lipinski definition) is 3. The van der Waals surface area contributed by atoms with E-state index >= 15 is 0 Å². The summed E-state index contributed by atoms with van der Waals surface area (Å²) in [5.41, 5.74) is 0. The van der Waals surface area contributed by atoms with Crippen molar-refractivity contribution in [2.45, 2.75) is 51.5 Å². The Hall–Kier alpha value is -0.120. The third-order valence-corrected chi connectivity index (χ3v) is 3.67. The highest BCUT2D eigenvalue weighted by Crippen LogP contribution is 2.20. The van der Waals surface area contributed by atoms with Crippen molar-refractivity contribution in [1.82, 2.24) is 5.32 Å². The first-order valence-corrected chi connectivity index (χ1v) is 7.16. The van der Waals surface area contributed by atoms with E-state index in [2.05, 4.69) is 12.2 Å². The highest BCUT2D eigenvalue weighted by Gasteiger charge is 2.12. The fourth-order valence-corrected chi connectivity index (χ4v) is 2.42. The Morgan fingerprint density at radius 2 is 2.06 bits per heavy atom. The van der Waals surface area contributed by atoms with Gasteiger partial charge >= 0.3 is 0 Å². The normalized spacial score (nSPS) is 19.4. The van der Waals surface area contributed by atoms with Crippen LogP contribution in [0.1, 0.15) is 45.4 Å². The Morgan fingerprint density at radius 3 is 2.71 bits per heavy atom. The number of ether oxygens (including phenoxy) is 2. The minimum Gasteiger partial charge on any atom is -0.383 e. The van der Waals surface area contributed by atoms with Gasteiger partial charge in [0, 0.05) is 26.4 Å². The molecule has 0 spiro atoms. The molecule has 1 atom stereocenters. The molecular weight excluding hydrogens is 214 g/mol. The fourth-order valence-electron chi connectivity index (χ4n) is 2.42. The molecule has 1 aliphatic rings. The van der Waals surface area contributed by atoms with Gasteiger partial charge in [-0.1, -0.05) is 19.8 Å². The first-order chi connectivity index (χ1) is 8.36. The predicted molar refractivity (Wildman–Crippen MR) is 71.4 cm³/mol. The lowest BCUT2D eigenvalue weighted by Gasteiger charge is -2.22. The summed E-state index contributed by atoms with van der Waals surface area (Å²) in [5.74, 6) is 0.921.